The molecule has 0 aliphatic carbocycles. The third kappa shape index (κ3) is 5.02. The molecule has 0 saturated carbocycles. The van der Waals surface area contributed by atoms with Gasteiger partial charge in [0.2, 0.25) is 10.0 Å². The van der Waals surface area contributed by atoms with Gasteiger partial charge in [-0.1, -0.05) is 42.3 Å². The lowest BCUT2D eigenvalue weighted by molar-refractivity contribution is 0.0935. The highest BCUT2D eigenvalue weighted by atomic mass is 35.5. The average Bonchev–Trinajstić information content (AvgIpc) is 2.58. The summed E-state index contributed by atoms with van der Waals surface area (Å²) in [6.07, 6.45) is 1.85. The molecule has 0 aromatic heterocycles. The van der Waals surface area contributed by atoms with Crippen LogP contribution in [0, 0.1) is 13.8 Å². The first-order chi connectivity index (χ1) is 12.5. The summed E-state index contributed by atoms with van der Waals surface area (Å²) in [5, 5.41) is 3.23. The van der Waals surface area contributed by atoms with Crippen LogP contribution >= 0.6 is 11.6 Å². The van der Waals surface area contributed by atoms with E-state index in [1.54, 1.807) is 12.1 Å². The molecule has 0 aliphatic heterocycles. The lowest BCUT2D eigenvalue weighted by Gasteiger charge is -2.21. The number of carbonyl (C=O) groups is 1. The van der Waals surface area contributed by atoms with Crippen molar-refractivity contribution in [2.24, 2.45) is 0 Å². The van der Waals surface area contributed by atoms with Gasteiger partial charge in [0.05, 0.1) is 28.6 Å². The van der Waals surface area contributed by atoms with Crippen molar-refractivity contribution in [2.75, 3.05) is 17.6 Å². The molecule has 1 atom stereocenters. The molecule has 1 N–H and O–H groups in total. The van der Waals surface area contributed by atoms with Crippen LogP contribution in [0.5, 0.6) is 0 Å². The van der Waals surface area contributed by atoms with Gasteiger partial charge in [-0.3, -0.25) is 9.10 Å². The van der Waals surface area contributed by atoms with Crippen LogP contribution in [-0.2, 0) is 10.0 Å². The molecule has 2 aromatic carbocycles. The normalized spacial score (nSPS) is 12.5. The van der Waals surface area contributed by atoms with Crippen LogP contribution in [-0.4, -0.2) is 27.6 Å². The van der Waals surface area contributed by atoms with Crippen molar-refractivity contribution in [3.05, 3.63) is 63.7 Å². The van der Waals surface area contributed by atoms with E-state index in [0.29, 0.717) is 11.3 Å². The van der Waals surface area contributed by atoms with Gasteiger partial charge in [-0.15, -0.1) is 0 Å². The first-order valence-corrected chi connectivity index (χ1v) is 10.9. The Kier molecular flexibility index (Phi) is 6.54. The van der Waals surface area contributed by atoms with Gasteiger partial charge in [-0.25, -0.2) is 8.42 Å². The maximum Gasteiger partial charge on any atom is 0.253 e. The van der Waals surface area contributed by atoms with Gasteiger partial charge >= 0.3 is 0 Å². The average molecular weight is 409 g/mol. The minimum atomic E-state index is -3.40. The lowest BCUT2D eigenvalue weighted by atomic mass is 9.97. The monoisotopic (exact) mass is 408 g/mol. The molecule has 27 heavy (non-hydrogen) atoms. The molecule has 2 aromatic rings. The smallest absolute Gasteiger partial charge is 0.253 e. The van der Waals surface area contributed by atoms with E-state index in [4.69, 9.17) is 11.6 Å². The van der Waals surface area contributed by atoms with Gasteiger partial charge in [0, 0.05) is 7.05 Å². The Labute approximate surface area is 166 Å². The van der Waals surface area contributed by atoms with E-state index in [9.17, 15) is 13.2 Å². The summed E-state index contributed by atoms with van der Waals surface area (Å²) in [5.41, 5.74) is 4.08. The van der Waals surface area contributed by atoms with Crippen molar-refractivity contribution in [1.82, 2.24) is 5.32 Å². The van der Waals surface area contributed by atoms with Gasteiger partial charge in [-0.2, -0.15) is 0 Å². The summed E-state index contributed by atoms with van der Waals surface area (Å²) in [4.78, 5) is 12.7. The number of anilines is 1. The molecule has 146 valence electrons. The third-order valence-electron chi connectivity index (χ3n) is 4.57. The second-order valence-corrected chi connectivity index (χ2v) is 9.11. The number of amides is 1. The van der Waals surface area contributed by atoms with E-state index in [1.807, 2.05) is 32.9 Å². The van der Waals surface area contributed by atoms with Crippen molar-refractivity contribution >= 4 is 33.2 Å². The number of nitrogens with zero attached hydrogens (tertiary/aromatic N) is 1. The van der Waals surface area contributed by atoms with E-state index in [0.717, 1.165) is 28.1 Å². The quantitative estimate of drug-likeness (QED) is 0.777. The number of rotatable bonds is 6. The van der Waals surface area contributed by atoms with Gasteiger partial charge in [0.15, 0.2) is 0 Å². The predicted molar refractivity (Wildman–Crippen MR) is 111 cm³/mol. The van der Waals surface area contributed by atoms with Gasteiger partial charge in [-0.05, 0) is 49.6 Å². The van der Waals surface area contributed by atoms with Crippen LogP contribution in [0.4, 0.5) is 5.69 Å². The largest absolute Gasteiger partial charge is 0.345 e. The Morgan fingerprint density at radius 3 is 2.37 bits per heavy atom. The molecule has 0 fully saturated rings. The van der Waals surface area contributed by atoms with Gasteiger partial charge in [0.25, 0.3) is 5.91 Å². The molecule has 5 nitrogen and oxygen atoms in total. The first-order valence-electron chi connectivity index (χ1n) is 8.66. The molecular weight excluding hydrogens is 384 g/mol. The predicted octanol–water partition coefficient (Wildman–Crippen LogP) is 4.23. The van der Waals surface area contributed by atoms with E-state index < -0.39 is 10.0 Å². The van der Waals surface area contributed by atoms with Crippen molar-refractivity contribution < 1.29 is 13.2 Å². The van der Waals surface area contributed by atoms with E-state index >= 15 is 0 Å². The summed E-state index contributed by atoms with van der Waals surface area (Å²) in [6.45, 7) is 6.07. The van der Waals surface area contributed by atoms with Crippen LogP contribution in [0.25, 0.3) is 0 Å². The highest BCUT2D eigenvalue weighted by molar-refractivity contribution is 7.92. The summed E-state index contributed by atoms with van der Waals surface area (Å²) in [5.74, 6) is -0.291. The molecule has 7 heteroatoms. The number of hydrogen-bond acceptors (Lipinski definition) is 3. The second-order valence-electron chi connectivity index (χ2n) is 6.69. The SMILES string of the molecule is CCC(NC(=O)c1ccc(N(C)S(C)(=O)=O)cc1Cl)c1ccc(C)cc1C. The fraction of sp³-hybridized carbons (Fsp3) is 0.350. The van der Waals surface area contributed by atoms with Crippen LogP contribution < -0.4 is 9.62 Å². The number of benzene rings is 2. The fourth-order valence-electron chi connectivity index (χ4n) is 2.93. The summed E-state index contributed by atoms with van der Waals surface area (Å²) >= 11 is 6.26. The zero-order valence-electron chi connectivity index (χ0n) is 16.2. The van der Waals surface area contributed by atoms with Crippen LogP contribution in [0.3, 0.4) is 0 Å². The maximum atomic E-state index is 12.7. The number of carbonyl (C=O) groups excluding carboxylic acids is 1. The Bertz CT molecular complexity index is 958. The number of halogens is 1. The van der Waals surface area contributed by atoms with Crippen LogP contribution in [0.2, 0.25) is 5.02 Å². The van der Waals surface area contributed by atoms with Crippen molar-refractivity contribution in [3.8, 4) is 0 Å². The Balaban J connectivity index is 2.26. The van der Waals surface area contributed by atoms with E-state index in [2.05, 4.69) is 11.4 Å². The number of sulfonamides is 1. The van der Waals surface area contributed by atoms with Gasteiger partial charge in [0.1, 0.15) is 0 Å². The second kappa shape index (κ2) is 8.31. The van der Waals surface area contributed by atoms with E-state index in [1.165, 1.54) is 18.7 Å². The molecule has 0 radical (unpaired) electrons. The lowest BCUT2D eigenvalue weighted by Crippen LogP contribution is -2.29. The summed E-state index contributed by atoms with van der Waals surface area (Å²) in [7, 11) is -1.96. The highest BCUT2D eigenvalue weighted by Crippen LogP contribution is 2.26. The molecule has 0 heterocycles. The minimum absolute atomic E-state index is 0.132. The fourth-order valence-corrected chi connectivity index (χ4v) is 3.68. The zero-order chi connectivity index (χ0) is 20.4. The molecular formula is C20H25ClN2O3S. The number of aryl methyl sites for hydroxylation is 2. The molecule has 0 spiro atoms. The Morgan fingerprint density at radius 2 is 1.85 bits per heavy atom. The zero-order valence-corrected chi connectivity index (χ0v) is 17.8. The molecule has 2 rings (SSSR count). The minimum Gasteiger partial charge on any atom is -0.345 e. The van der Waals surface area contributed by atoms with Crippen molar-refractivity contribution in [2.45, 2.75) is 33.2 Å². The molecule has 0 aliphatic rings. The first kappa shape index (κ1) is 21.3. The Morgan fingerprint density at radius 1 is 1.19 bits per heavy atom. The topological polar surface area (TPSA) is 66.5 Å². The molecule has 1 amide bonds. The third-order valence-corrected chi connectivity index (χ3v) is 6.09. The number of hydrogen-bond donors (Lipinski definition) is 1. The Hall–Kier alpha value is -2.05. The maximum absolute atomic E-state index is 12.7. The van der Waals surface area contributed by atoms with E-state index in [-0.39, 0.29) is 17.0 Å². The van der Waals surface area contributed by atoms with Gasteiger partial charge < -0.3 is 5.32 Å². The van der Waals surface area contributed by atoms with Crippen LogP contribution in [0.1, 0.15) is 46.4 Å². The van der Waals surface area contributed by atoms with Crippen molar-refractivity contribution in [1.29, 1.82) is 0 Å². The molecule has 1 unspecified atom stereocenters. The standard InChI is InChI=1S/C20H25ClN2O3S/c1-6-19(16-9-7-13(2)11-14(16)3)22-20(24)17-10-8-15(12-18(17)21)23(4)27(5,25)26/h7-12,19H,6H2,1-5H3,(H,22,24). The van der Waals surface area contributed by atoms with Crippen molar-refractivity contribution in [3.63, 3.8) is 0 Å². The number of nitrogens with one attached hydrogen (secondary N) is 1. The molecule has 0 saturated heterocycles. The molecule has 0 bridgehead atoms. The highest BCUT2D eigenvalue weighted by Gasteiger charge is 2.19. The van der Waals surface area contributed by atoms with Crippen LogP contribution in [0.15, 0.2) is 36.4 Å². The summed E-state index contributed by atoms with van der Waals surface area (Å²) in [6, 6.07) is 10.6. The summed E-state index contributed by atoms with van der Waals surface area (Å²) < 4.78 is 24.4.